The van der Waals surface area contributed by atoms with Crippen molar-refractivity contribution in [3.05, 3.63) is 29.6 Å². The largest absolute Gasteiger partial charge is 0.490 e. The highest BCUT2D eigenvalue weighted by molar-refractivity contribution is 5.75. The summed E-state index contributed by atoms with van der Waals surface area (Å²) in [6.07, 6.45) is 5.75. The molecule has 0 bridgehead atoms. The van der Waals surface area contributed by atoms with Crippen LogP contribution in [0.1, 0.15) is 42.5 Å². The first-order valence-electron chi connectivity index (χ1n) is 6.76. The zero-order chi connectivity index (χ0) is 13.3. The van der Waals surface area contributed by atoms with E-state index in [1.54, 1.807) is 6.07 Å². The molecular formula is C15H17FO3. The van der Waals surface area contributed by atoms with E-state index in [-0.39, 0.29) is 11.7 Å². The van der Waals surface area contributed by atoms with Crippen LogP contribution in [0.5, 0.6) is 5.75 Å². The lowest BCUT2D eigenvalue weighted by Crippen LogP contribution is -2.48. The second-order valence-corrected chi connectivity index (χ2v) is 5.46. The first-order chi connectivity index (χ1) is 9.19. The fourth-order valence-corrected chi connectivity index (χ4v) is 2.92. The first kappa shape index (κ1) is 12.6. The number of rotatable bonds is 3. The quantitative estimate of drug-likeness (QED) is 0.787. The van der Waals surface area contributed by atoms with Crippen LogP contribution in [0.4, 0.5) is 4.39 Å². The van der Waals surface area contributed by atoms with Crippen molar-refractivity contribution in [2.24, 2.45) is 0 Å². The molecule has 1 aliphatic carbocycles. The second kappa shape index (κ2) is 4.93. The molecule has 1 aromatic rings. The van der Waals surface area contributed by atoms with Gasteiger partial charge in [-0.15, -0.1) is 0 Å². The van der Waals surface area contributed by atoms with Gasteiger partial charge in [-0.25, -0.2) is 4.39 Å². The highest BCUT2D eigenvalue weighted by atomic mass is 19.1. The van der Waals surface area contributed by atoms with Crippen molar-refractivity contribution in [3.8, 4) is 5.75 Å². The summed E-state index contributed by atoms with van der Waals surface area (Å²) in [5.74, 6) is -0.00603. The van der Waals surface area contributed by atoms with Crippen molar-refractivity contribution in [1.29, 1.82) is 0 Å². The van der Waals surface area contributed by atoms with Crippen LogP contribution in [0.2, 0.25) is 0 Å². The number of ether oxygens (including phenoxy) is 2. The predicted molar refractivity (Wildman–Crippen MR) is 68.0 cm³/mol. The Balaban J connectivity index is 1.70. The zero-order valence-electron chi connectivity index (χ0n) is 10.7. The number of carbonyl (C=O) groups excluding carboxylic acids is 1. The SMILES string of the molecule is O=Cc1cc(F)cc(OC2CCOC3(CCC3)C2)c1. The highest BCUT2D eigenvalue weighted by Crippen LogP contribution is 2.43. The molecule has 1 saturated heterocycles. The van der Waals surface area contributed by atoms with Gasteiger partial charge in [0.25, 0.3) is 0 Å². The van der Waals surface area contributed by atoms with E-state index < -0.39 is 5.82 Å². The van der Waals surface area contributed by atoms with Crippen LogP contribution in [-0.4, -0.2) is 24.6 Å². The lowest BCUT2D eigenvalue weighted by atomic mass is 9.74. The third kappa shape index (κ3) is 2.63. The van der Waals surface area contributed by atoms with E-state index in [1.165, 1.54) is 18.6 Å². The molecular weight excluding hydrogens is 247 g/mol. The van der Waals surface area contributed by atoms with Crippen LogP contribution in [0.25, 0.3) is 0 Å². The number of hydrogen-bond donors (Lipinski definition) is 0. The Labute approximate surface area is 111 Å². The standard InChI is InChI=1S/C15H17FO3/c16-12-6-11(10-17)7-14(8-12)19-13-2-5-18-15(9-13)3-1-4-15/h6-8,10,13H,1-5,9H2. The Morgan fingerprint density at radius 1 is 1.37 bits per heavy atom. The predicted octanol–water partition coefficient (Wildman–Crippen LogP) is 3.12. The van der Waals surface area contributed by atoms with Crippen molar-refractivity contribution in [2.45, 2.75) is 43.8 Å². The van der Waals surface area contributed by atoms with Gasteiger partial charge < -0.3 is 9.47 Å². The lowest BCUT2D eigenvalue weighted by molar-refractivity contribution is -0.153. The van der Waals surface area contributed by atoms with E-state index in [2.05, 4.69) is 0 Å². The number of hydrogen-bond acceptors (Lipinski definition) is 3. The van der Waals surface area contributed by atoms with E-state index >= 15 is 0 Å². The summed E-state index contributed by atoms with van der Waals surface area (Å²) in [5, 5.41) is 0. The topological polar surface area (TPSA) is 35.5 Å². The number of aldehydes is 1. The van der Waals surface area contributed by atoms with E-state index in [0.717, 1.165) is 25.7 Å². The van der Waals surface area contributed by atoms with Gasteiger partial charge in [0, 0.05) is 24.5 Å². The molecule has 3 nitrogen and oxygen atoms in total. The molecule has 2 fully saturated rings. The molecule has 0 amide bonds. The van der Waals surface area contributed by atoms with Gasteiger partial charge in [0.1, 0.15) is 24.0 Å². The summed E-state index contributed by atoms with van der Waals surface area (Å²) in [7, 11) is 0. The molecule has 1 saturated carbocycles. The van der Waals surface area contributed by atoms with E-state index in [0.29, 0.717) is 24.2 Å². The Morgan fingerprint density at radius 3 is 2.89 bits per heavy atom. The smallest absolute Gasteiger partial charge is 0.150 e. The molecule has 1 unspecified atom stereocenters. The van der Waals surface area contributed by atoms with Crippen LogP contribution in [0.15, 0.2) is 18.2 Å². The van der Waals surface area contributed by atoms with Gasteiger partial charge >= 0.3 is 0 Å². The third-order valence-electron chi connectivity index (χ3n) is 4.04. The fraction of sp³-hybridized carbons (Fsp3) is 0.533. The molecule has 3 rings (SSSR count). The molecule has 0 radical (unpaired) electrons. The van der Waals surface area contributed by atoms with E-state index in [1.807, 2.05) is 0 Å². The average molecular weight is 264 g/mol. The van der Waals surface area contributed by atoms with Crippen LogP contribution < -0.4 is 4.74 Å². The molecule has 19 heavy (non-hydrogen) atoms. The summed E-state index contributed by atoms with van der Waals surface area (Å²) in [5.41, 5.74) is 0.310. The molecule has 4 heteroatoms. The maximum absolute atomic E-state index is 13.3. The Bertz CT molecular complexity index is 482. The van der Waals surface area contributed by atoms with E-state index in [4.69, 9.17) is 9.47 Å². The van der Waals surface area contributed by atoms with Gasteiger partial charge in [0.05, 0.1) is 12.2 Å². The second-order valence-electron chi connectivity index (χ2n) is 5.46. The molecule has 1 spiro atoms. The molecule has 0 aromatic heterocycles. The normalized spacial score (nSPS) is 24.8. The zero-order valence-corrected chi connectivity index (χ0v) is 10.7. The van der Waals surface area contributed by atoms with Crippen LogP contribution in [-0.2, 0) is 4.74 Å². The number of carbonyl (C=O) groups is 1. The number of halogens is 1. The molecule has 1 heterocycles. The van der Waals surface area contributed by atoms with Gasteiger partial charge in [-0.2, -0.15) is 0 Å². The molecule has 1 aliphatic heterocycles. The van der Waals surface area contributed by atoms with Crippen LogP contribution >= 0.6 is 0 Å². The van der Waals surface area contributed by atoms with Gasteiger partial charge in [0.15, 0.2) is 0 Å². The molecule has 2 aliphatic rings. The summed E-state index contributed by atoms with van der Waals surface area (Å²) < 4.78 is 25.0. The maximum atomic E-state index is 13.3. The van der Waals surface area contributed by atoms with Crippen molar-refractivity contribution >= 4 is 6.29 Å². The summed E-state index contributed by atoms with van der Waals surface area (Å²) >= 11 is 0. The third-order valence-corrected chi connectivity index (χ3v) is 4.04. The Morgan fingerprint density at radius 2 is 2.21 bits per heavy atom. The molecule has 1 aromatic carbocycles. The lowest BCUT2D eigenvalue weighted by Gasteiger charge is -2.46. The summed E-state index contributed by atoms with van der Waals surface area (Å²) in [4.78, 5) is 10.7. The molecule has 0 N–H and O–H groups in total. The minimum absolute atomic E-state index is 0.00370. The van der Waals surface area contributed by atoms with Crippen LogP contribution in [0, 0.1) is 5.82 Å². The maximum Gasteiger partial charge on any atom is 0.150 e. The minimum atomic E-state index is -0.440. The van der Waals surface area contributed by atoms with Gasteiger partial charge in [-0.3, -0.25) is 4.79 Å². The highest BCUT2D eigenvalue weighted by Gasteiger charge is 2.43. The first-order valence-corrected chi connectivity index (χ1v) is 6.76. The van der Waals surface area contributed by atoms with Crippen molar-refractivity contribution < 1.29 is 18.7 Å². The summed E-state index contributed by atoms with van der Waals surface area (Å²) in [6, 6.07) is 4.12. The summed E-state index contributed by atoms with van der Waals surface area (Å²) in [6.45, 7) is 0.695. The minimum Gasteiger partial charge on any atom is -0.490 e. The van der Waals surface area contributed by atoms with E-state index in [9.17, 15) is 9.18 Å². The molecule has 1 atom stereocenters. The van der Waals surface area contributed by atoms with Crippen molar-refractivity contribution in [2.75, 3.05) is 6.61 Å². The Hall–Kier alpha value is -1.42. The molecule has 102 valence electrons. The van der Waals surface area contributed by atoms with Crippen LogP contribution in [0.3, 0.4) is 0 Å². The van der Waals surface area contributed by atoms with Crippen molar-refractivity contribution in [3.63, 3.8) is 0 Å². The van der Waals surface area contributed by atoms with Gasteiger partial charge in [-0.1, -0.05) is 0 Å². The van der Waals surface area contributed by atoms with Gasteiger partial charge in [0.2, 0.25) is 0 Å². The fourth-order valence-electron chi connectivity index (χ4n) is 2.92. The van der Waals surface area contributed by atoms with Gasteiger partial charge in [-0.05, 0) is 31.4 Å². The Kier molecular flexibility index (Phi) is 3.27. The number of benzene rings is 1. The average Bonchev–Trinajstić information content (AvgIpc) is 2.36. The van der Waals surface area contributed by atoms with Crippen molar-refractivity contribution in [1.82, 2.24) is 0 Å². The monoisotopic (exact) mass is 264 g/mol.